The normalized spacial score (nSPS) is 10.8. The Morgan fingerprint density at radius 3 is 2.75 bits per heavy atom. The van der Waals surface area contributed by atoms with Crippen molar-refractivity contribution in [1.29, 1.82) is 0 Å². The largest absolute Gasteiger partial charge is 0.482 e. The van der Waals surface area contributed by atoms with Gasteiger partial charge in [-0.3, -0.25) is 9.78 Å². The third kappa shape index (κ3) is 3.38. The van der Waals surface area contributed by atoms with Crippen molar-refractivity contribution in [3.05, 3.63) is 41.9 Å². The molecule has 5 nitrogen and oxygen atoms in total. The minimum Gasteiger partial charge on any atom is -0.482 e. The van der Waals surface area contributed by atoms with Gasteiger partial charge in [-0.1, -0.05) is 6.07 Å². The van der Waals surface area contributed by atoms with E-state index in [0.29, 0.717) is 18.8 Å². The van der Waals surface area contributed by atoms with Gasteiger partial charge >= 0.3 is 0 Å². The van der Waals surface area contributed by atoms with E-state index in [1.165, 1.54) is 0 Å². The third-order valence-electron chi connectivity index (χ3n) is 3.77. The fraction of sp³-hybridized carbons (Fsp3) is 0.278. The van der Waals surface area contributed by atoms with Crippen LogP contribution in [0.5, 0.6) is 5.75 Å². The van der Waals surface area contributed by atoms with E-state index in [2.05, 4.69) is 9.97 Å². The Bertz CT molecular complexity index is 829. The molecule has 0 saturated carbocycles. The lowest BCUT2D eigenvalue weighted by Crippen LogP contribution is -2.34. The van der Waals surface area contributed by atoms with Crippen LogP contribution in [0.2, 0.25) is 0 Å². The van der Waals surface area contributed by atoms with Crippen molar-refractivity contribution < 1.29 is 9.53 Å². The van der Waals surface area contributed by atoms with Crippen LogP contribution in [0, 0.1) is 0 Å². The molecule has 3 aromatic rings. The average Bonchev–Trinajstić information content (AvgIpc) is 3.10. The molecule has 0 fully saturated rings. The second kappa shape index (κ2) is 7.40. The van der Waals surface area contributed by atoms with Gasteiger partial charge in [0.2, 0.25) is 0 Å². The summed E-state index contributed by atoms with van der Waals surface area (Å²) in [5, 5.41) is 1.97. The summed E-state index contributed by atoms with van der Waals surface area (Å²) in [6.45, 7) is 5.32. The zero-order valence-electron chi connectivity index (χ0n) is 13.7. The van der Waals surface area contributed by atoms with Crippen molar-refractivity contribution in [3.8, 4) is 17.1 Å². The minimum atomic E-state index is -0.0131. The standard InChI is InChI=1S/C18H19N3O2S/c1-3-21(4-2)17(22)12-23-16-11-15(13-7-5-6-9-19-13)20-14-8-10-24-18(14)16/h5-11H,3-4,12H2,1-2H3. The van der Waals surface area contributed by atoms with E-state index in [4.69, 9.17) is 4.74 Å². The predicted octanol–water partition coefficient (Wildman–Crippen LogP) is 3.61. The molecule has 3 rings (SSSR count). The van der Waals surface area contributed by atoms with E-state index in [0.717, 1.165) is 21.6 Å². The summed E-state index contributed by atoms with van der Waals surface area (Å²) in [5.74, 6) is 0.664. The van der Waals surface area contributed by atoms with E-state index in [9.17, 15) is 4.79 Å². The van der Waals surface area contributed by atoms with Gasteiger partial charge in [-0.25, -0.2) is 4.98 Å². The summed E-state index contributed by atoms with van der Waals surface area (Å²) in [6, 6.07) is 9.51. The van der Waals surface area contributed by atoms with Gasteiger partial charge in [-0.15, -0.1) is 11.3 Å². The number of thiophene rings is 1. The highest BCUT2D eigenvalue weighted by atomic mass is 32.1. The van der Waals surface area contributed by atoms with Gasteiger partial charge in [0.15, 0.2) is 6.61 Å². The van der Waals surface area contributed by atoms with Crippen LogP contribution in [0.1, 0.15) is 13.8 Å². The Labute approximate surface area is 144 Å². The van der Waals surface area contributed by atoms with Crippen LogP contribution in [-0.4, -0.2) is 40.5 Å². The molecule has 0 radical (unpaired) electrons. The number of carbonyl (C=O) groups is 1. The van der Waals surface area contributed by atoms with E-state index in [1.807, 2.05) is 49.6 Å². The molecule has 24 heavy (non-hydrogen) atoms. The van der Waals surface area contributed by atoms with Gasteiger partial charge in [0.05, 0.1) is 21.6 Å². The molecule has 6 heteroatoms. The van der Waals surface area contributed by atoms with Crippen molar-refractivity contribution in [2.75, 3.05) is 19.7 Å². The first-order chi connectivity index (χ1) is 11.7. The van der Waals surface area contributed by atoms with Crippen LogP contribution >= 0.6 is 11.3 Å². The summed E-state index contributed by atoms with van der Waals surface area (Å²) >= 11 is 1.56. The topological polar surface area (TPSA) is 55.3 Å². The number of pyridine rings is 2. The molecule has 3 heterocycles. The number of aromatic nitrogens is 2. The van der Waals surface area contributed by atoms with Gasteiger partial charge in [-0.05, 0) is 37.4 Å². The van der Waals surface area contributed by atoms with E-state index in [1.54, 1.807) is 22.4 Å². The molecule has 124 valence electrons. The SMILES string of the molecule is CCN(CC)C(=O)COc1cc(-c2ccccn2)nc2ccsc12. The smallest absolute Gasteiger partial charge is 0.260 e. The number of likely N-dealkylation sites (N-methyl/N-ethyl adjacent to an activating group) is 1. The monoisotopic (exact) mass is 341 g/mol. The molecule has 0 aromatic carbocycles. The number of fused-ring (bicyclic) bond motifs is 1. The van der Waals surface area contributed by atoms with E-state index >= 15 is 0 Å². The Hall–Kier alpha value is -2.47. The van der Waals surface area contributed by atoms with Crippen molar-refractivity contribution in [1.82, 2.24) is 14.9 Å². The fourth-order valence-corrected chi connectivity index (χ4v) is 3.29. The summed E-state index contributed by atoms with van der Waals surface area (Å²) < 4.78 is 6.78. The Morgan fingerprint density at radius 1 is 1.21 bits per heavy atom. The zero-order valence-corrected chi connectivity index (χ0v) is 14.5. The van der Waals surface area contributed by atoms with Gasteiger partial charge in [0.1, 0.15) is 5.75 Å². The molecule has 0 spiro atoms. The molecule has 1 amide bonds. The van der Waals surface area contributed by atoms with E-state index < -0.39 is 0 Å². The molecular weight excluding hydrogens is 322 g/mol. The molecule has 0 aliphatic heterocycles. The van der Waals surface area contributed by atoms with Gasteiger partial charge in [-0.2, -0.15) is 0 Å². The predicted molar refractivity (Wildman–Crippen MR) is 96.3 cm³/mol. The first-order valence-corrected chi connectivity index (χ1v) is 8.81. The Kier molecular flexibility index (Phi) is 5.05. The van der Waals surface area contributed by atoms with Crippen molar-refractivity contribution in [2.24, 2.45) is 0 Å². The first-order valence-electron chi connectivity index (χ1n) is 7.93. The van der Waals surface area contributed by atoms with Crippen molar-refractivity contribution in [2.45, 2.75) is 13.8 Å². The lowest BCUT2D eigenvalue weighted by Gasteiger charge is -2.18. The number of amides is 1. The maximum atomic E-state index is 12.2. The van der Waals surface area contributed by atoms with Gasteiger partial charge in [0.25, 0.3) is 5.91 Å². The Morgan fingerprint density at radius 2 is 2.04 bits per heavy atom. The molecular formula is C18H19N3O2S. The maximum absolute atomic E-state index is 12.2. The lowest BCUT2D eigenvalue weighted by atomic mass is 10.2. The number of hydrogen-bond acceptors (Lipinski definition) is 5. The fourth-order valence-electron chi connectivity index (χ4n) is 2.49. The molecule has 0 N–H and O–H groups in total. The molecule has 0 atom stereocenters. The number of nitrogens with zero attached hydrogens (tertiary/aromatic N) is 3. The Balaban J connectivity index is 1.89. The van der Waals surface area contributed by atoms with Crippen LogP contribution in [0.25, 0.3) is 21.6 Å². The number of hydrogen-bond donors (Lipinski definition) is 0. The van der Waals surface area contributed by atoms with E-state index in [-0.39, 0.29) is 12.5 Å². The molecule has 3 aromatic heterocycles. The number of ether oxygens (including phenoxy) is 1. The number of carbonyl (C=O) groups excluding carboxylic acids is 1. The number of rotatable bonds is 6. The summed E-state index contributed by atoms with van der Waals surface area (Å²) in [6.07, 6.45) is 1.74. The highest BCUT2D eigenvalue weighted by Gasteiger charge is 2.14. The van der Waals surface area contributed by atoms with Gasteiger partial charge < -0.3 is 9.64 Å². The molecule has 0 aliphatic rings. The molecule has 0 bridgehead atoms. The van der Waals surface area contributed by atoms with Crippen LogP contribution in [-0.2, 0) is 4.79 Å². The average molecular weight is 341 g/mol. The molecule has 0 saturated heterocycles. The van der Waals surface area contributed by atoms with Crippen LogP contribution in [0.3, 0.4) is 0 Å². The van der Waals surface area contributed by atoms with Gasteiger partial charge in [0, 0.05) is 25.4 Å². The summed E-state index contributed by atoms with van der Waals surface area (Å²) in [4.78, 5) is 22.9. The zero-order chi connectivity index (χ0) is 16.9. The highest BCUT2D eigenvalue weighted by molar-refractivity contribution is 7.17. The minimum absolute atomic E-state index is 0.0131. The van der Waals surface area contributed by atoms with Crippen LogP contribution in [0.4, 0.5) is 0 Å². The molecule has 0 aliphatic carbocycles. The summed E-state index contributed by atoms with van der Waals surface area (Å²) in [7, 11) is 0. The van der Waals surface area contributed by atoms with Crippen molar-refractivity contribution in [3.63, 3.8) is 0 Å². The van der Waals surface area contributed by atoms with Crippen molar-refractivity contribution >= 4 is 27.5 Å². The highest BCUT2D eigenvalue weighted by Crippen LogP contribution is 2.33. The second-order valence-corrected chi connectivity index (χ2v) is 6.13. The molecule has 0 unspecified atom stereocenters. The quantitative estimate of drug-likeness (QED) is 0.687. The van der Waals surface area contributed by atoms with Crippen LogP contribution < -0.4 is 4.74 Å². The lowest BCUT2D eigenvalue weighted by molar-refractivity contribution is -0.132. The third-order valence-corrected chi connectivity index (χ3v) is 4.69. The second-order valence-electron chi connectivity index (χ2n) is 5.21. The first kappa shape index (κ1) is 16.4. The maximum Gasteiger partial charge on any atom is 0.260 e. The van der Waals surface area contributed by atoms with Crippen LogP contribution in [0.15, 0.2) is 41.9 Å². The summed E-state index contributed by atoms with van der Waals surface area (Å²) in [5.41, 5.74) is 2.38.